The fourth-order valence-electron chi connectivity index (χ4n) is 6.96. The molecule has 0 heterocycles. The summed E-state index contributed by atoms with van der Waals surface area (Å²) in [4.78, 5) is 39.6. The van der Waals surface area contributed by atoms with Crippen LogP contribution in [0.25, 0.3) is 0 Å². The van der Waals surface area contributed by atoms with Gasteiger partial charge in [-0.2, -0.15) is 0 Å². The van der Waals surface area contributed by atoms with Crippen molar-refractivity contribution in [3.8, 4) is 11.5 Å². The molecule has 9 nitrogen and oxygen atoms in total. The van der Waals surface area contributed by atoms with E-state index in [1.807, 2.05) is 78.9 Å². The second-order valence-corrected chi connectivity index (χ2v) is 14.7. The van der Waals surface area contributed by atoms with Gasteiger partial charge in [0.1, 0.15) is 17.6 Å². The first-order chi connectivity index (χ1) is 28.9. The number of allylic oxidation sites excluding steroid dienone is 1. The molecule has 0 amide bonds. The number of hydrogen-bond donors (Lipinski definition) is 0. The first-order valence-corrected chi connectivity index (χ1v) is 21.0. The van der Waals surface area contributed by atoms with E-state index in [0.29, 0.717) is 24.0 Å². The standard InChI is InChI=1S/C50H62O9/c1-5-6-7-24-33-42(57-48(51)45(54-2)39-27-18-14-19-28-39)34-25-13-11-9-8-10-12-17-26-38-35-43(58-49(52)46(55-3)40-29-20-15-21-30-40)37-44(36-38)59-50(53)47(56-4)41-31-22-16-23-32-41/h13-16,18-23,25,27-32,35-37,42,45-47H,5-12,17,24,26,33-34H2,1-4H3/b25-13-/t42-,45+,46+,47+/m0/s1. The Kier molecular flexibility index (Phi) is 21.2. The molecule has 4 aromatic rings. The Labute approximate surface area is 351 Å². The molecule has 59 heavy (non-hydrogen) atoms. The Morgan fingerprint density at radius 3 is 1.47 bits per heavy atom. The van der Waals surface area contributed by atoms with Gasteiger partial charge in [0, 0.05) is 33.8 Å². The summed E-state index contributed by atoms with van der Waals surface area (Å²) in [5.41, 5.74) is 3.02. The molecule has 0 N–H and O–H groups in total. The molecule has 4 rings (SSSR count). The Bertz CT molecular complexity index is 1750. The van der Waals surface area contributed by atoms with Crippen LogP contribution in [0.3, 0.4) is 0 Å². The summed E-state index contributed by atoms with van der Waals surface area (Å²) >= 11 is 0. The summed E-state index contributed by atoms with van der Waals surface area (Å²) < 4.78 is 34.1. The van der Waals surface area contributed by atoms with E-state index in [2.05, 4.69) is 19.1 Å². The number of methoxy groups -OCH3 is 3. The number of unbranched alkanes of at least 4 members (excludes halogenated alkanes) is 8. The Balaban J connectivity index is 1.28. The van der Waals surface area contributed by atoms with E-state index < -0.39 is 30.3 Å². The van der Waals surface area contributed by atoms with Crippen LogP contribution in [0.1, 0.15) is 125 Å². The zero-order valence-electron chi connectivity index (χ0n) is 35.2. The molecule has 0 unspecified atom stereocenters. The molecule has 0 saturated carbocycles. The number of aryl methyl sites for hydroxylation is 1. The van der Waals surface area contributed by atoms with Crippen molar-refractivity contribution in [1.29, 1.82) is 0 Å². The van der Waals surface area contributed by atoms with E-state index in [4.69, 9.17) is 28.4 Å². The van der Waals surface area contributed by atoms with Crippen molar-refractivity contribution in [1.82, 2.24) is 0 Å². The zero-order valence-corrected chi connectivity index (χ0v) is 35.2. The Morgan fingerprint density at radius 2 is 0.983 bits per heavy atom. The van der Waals surface area contributed by atoms with Crippen molar-refractivity contribution in [2.75, 3.05) is 21.3 Å². The molecule has 0 aromatic heterocycles. The van der Waals surface area contributed by atoms with Gasteiger partial charge in [0.05, 0.1) is 0 Å². The van der Waals surface area contributed by atoms with Crippen molar-refractivity contribution >= 4 is 17.9 Å². The Hall–Kier alpha value is -5.09. The molecule has 0 saturated heterocycles. The number of hydrogen-bond acceptors (Lipinski definition) is 9. The highest BCUT2D eigenvalue weighted by atomic mass is 16.6. The fraction of sp³-hybridized carbons (Fsp3) is 0.420. The van der Waals surface area contributed by atoms with Crippen LogP contribution in [-0.4, -0.2) is 45.3 Å². The third-order valence-electron chi connectivity index (χ3n) is 10.1. The minimum Gasteiger partial charge on any atom is -0.460 e. The average Bonchev–Trinajstić information content (AvgIpc) is 3.24. The number of rotatable bonds is 27. The predicted octanol–water partition coefficient (Wildman–Crippen LogP) is 11.4. The first kappa shape index (κ1) is 46.6. The van der Waals surface area contributed by atoms with E-state index in [9.17, 15) is 14.4 Å². The number of carbonyl (C=O) groups excluding carboxylic acids is 3. The van der Waals surface area contributed by atoms with Gasteiger partial charge in [0.15, 0.2) is 18.3 Å². The first-order valence-electron chi connectivity index (χ1n) is 21.0. The average molecular weight is 807 g/mol. The van der Waals surface area contributed by atoms with Crippen molar-refractivity contribution in [2.45, 2.75) is 115 Å². The van der Waals surface area contributed by atoms with Crippen LogP contribution in [0.2, 0.25) is 0 Å². The lowest BCUT2D eigenvalue weighted by molar-refractivity contribution is -0.161. The third-order valence-corrected chi connectivity index (χ3v) is 10.1. The van der Waals surface area contributed by atoms with E-state index in [1.165, 1.54) is 27.8 Å². The zero-order chi connectivity index (χ0) is 42.1. The summed E-state index contributed by atoms with van der Waals surface area (Å²) in [5, 5.41) is 0. The van der Waals surface area contributed by atoms with Crippen LogP contribution in [0, 0.1) is 0 Å². The number of ether oxygens (including phenoxy) is 6. The maximum absolute atomic E-state index is 13.3. The molecule has 0 aliphatic rings. The minimum absolute atomic E-state index is 0.182. The third kappa shape index (κ3) is 16.2. The lowest BCUT2D eigenvalue weighted by Crippen LogP contribution is -2.24. The lowest BCUT2D eigenvalue weighted by Gasteiger charge is -2.21. The SMILES string of the molecule is CCCCCC[C@@H](C/C=C\CCCCCCCc1cc(OC(=O)[C@H](OC)c2ccccc2)cc(OC(=O)[C@H](OC)c2ccccc2)c1)OC(=O)[C@H](OC)c1ccccc1. The topological polar surface area (TPSA) is 107 Å². The summed E-state index contributed by atoms with van der Waals surface area (Å²) in [6.07, 6.45) is 14.4. The highest BCUT2D eigenvalue weighted by molar-refractivity contribution is 5.80. The monoisotopic (exact) mass is 806 g/mol. The largest absolute Gasteiger partial charge is 0.460 e. The molecular weight excluding hydrogens is 745 g/mol. The number of carbonyl (C=O) groups is 3. The summed E-state index contributed by atoms with van der Waals surface area (Å²) in [7, 11) is 4.46. The summed E-state index contributed by atoms with van der Waals surface area (Å²) in [5.74, 6) is -0.967. The molecule has 0 aliphatic carbocycles. The molecule has 0 radical (unpaired) electrons. The maximum atomic E-state index is 13.3. The maximum Gasteiger partial charge on any atom is 0.345 e. The normalized spacial score (nSPS) is 13.4. The van der Waals surface area contributed by atoms with Gasteiger partial charge in [0.2, 0.25) is 0 Å². The summed E-state index contributed by atoms with van der Waals surface area (Å²) in [6, 6.07) is 32.9. The van der Waals surface area contributed by atoms with Crippen LogP contribution in [0.5, 0.6) is 11.5 Å². The van der Waals surface area contributed by atoms with Crippen molar-refractivity contribution in [3.63, 3.8) is 0 Å². The van der Waals surface area contributed by atoms with Crippen LogP contribution in [0.4, 0.5) is 0 Å². The lowest BCUT2D eigenvalue weighted by atomic mass is 10.0. The minimum atomic E-state index is -0.917. The van der Waals surface area contributed by atoms with E-state index >= 15 is 0 Å². The van der Waals surface area contributed by atoms with Gasteiger partial charge in [-0.3, -0.25) is 0 Å². The van der Waals surface area contributed by atoms with Gasteiger partial charge in [-0.25, -0.2) is 14.4 Å². The molecule has 0 fully saturated rings. The molecule has 9 heteroatoms. The molecule has 4 aromatic carbocycles. The molecule has 0 spiro atoms. The molecule has 0 aliphatic heterocycles. The van der Waals surface area contributed by atoms with Gasteiger partial charge in [-0.1, -0.05) is 149 Å². The number of esters is 3. The fourth-order valence-corrected chi connectivity index (χ4v) is 6.96. The molecule has 4 atom stereocenters. The van der Waals surface area contributed by atoms with Crippen LogP contribution in [0.15, 0.2) is 121 Å². The van der Waals surface area contributed by atoms with E-state index in [0.717, 1.165) is 75.3 Å². The molecular formula is C50H62O9. The van der Waals surface area contributed by atoms with Gasteiger partial charge < -0.3 is 28.4 Å². The van der Waals surface area contributed by atoms with E-state index in [1.54, 1.807) is 30.3 Å². The smallest absolute Gasteiger partial charge is 0.345 e. The van der Waals surface area contributed by atoms with Crippen molar-refractivity contribution in [2.24, 2.45) is 0 Å². The van der Waals surface area contributed by atoms with E-state index in [-0.39, 0.29) is 23.6 Å². The molecule has 0 bridgehead atoms. The van der Waals surface area contributed by atoms with Gasteiger partial charge in [-0.15, -0.1) is 0 Å². The Morgan fingerprint density at radius 1 is 0.525 bits per heavy atom. The second kappa shape index (κ2) is 26.8. The van der Waals surface area contributed by atoms with Gasteiger partial charge in [-0.05, 0) is 72.9 Å². The van der Waals surface area contributed by atoms with Gasteiger partial charge >= 0.3 is 17.9 Å². The van der Waals surface area contributed by atoms with Crippen molar-refractivity contribution in [3.05, 3.63) is 144 Å². The van der Waals surface area contributed by atoms with Crippen LogP contribution >= 0.6 is 0 Å². The van der Waals surface area contributed by atoms with Crippen LogP contribution in [-0.2, 0) is 39.8 Å². The molecule has 316 valence electrons. The highest BCUT2D eigenvalue weighted by Gasteiger charge is 2.26. The number of benzene rings is 4. The predicted molar refractivity (Wildman–Crippen MR) is 230 cm³/mol. The van der Waals surface area contributed by atoms with Gasteiger partial charge in [0.25, 0.3) is 0 Å². The van der Waals surface area contributed by atoms with Crippen molar-refractivity contribution < 1.29 is 42.8 Å². The quantitative estimate of drug-likeness (QED) is 0.0252. The summed E-state index contributed by atoms with van der Waals surface area (Å²) in [6.45, 7) is 2.19. The highest BCUT2D eigenvalue weighted by Crippen LogP contribution is 2.29. The second-order valence-electron chi connectivity index (χ2n) is 14.7. The van der Waals surface area contributed by atoms with Crippen LogP contribution < -0.4 is 9.47 Å².